The minimum atomic E-state index is -0.991. The van der Waals surface area contributed by atoms with Crippen LogP contribution in [0.25, 0.3) is 0 Å². The van der Waals surface area contributed by atoms with Crippen LogP contribution in [0.4, 0.5) is 15.8 Å². The molecule has 1 atom stereocenters. The minimum absolute atomic E-state index is 0.0435. The van der Waals surface area contributed by atoms with Crippen molar-refractivity contribution in [1.82, 2.24) is 5.32 Å². The Morgan fingerprint density at radius 1 is 1.29 bits per heavy atom. The number of benzene rings is 2. The van der Waals surface area contributed by atoms with E-state index in [4.69, 9.17) is 23.2 Å². The molecule has 10 heteroatoms. The summed E-state index contributed by atoms with van der Waals surface area (Å²) in [7, 11) is 0. The van der Waals surface area contributed by atoms with Crippen molar-refractivity contribution in [1.29, 1.82) is 0 Å². The fourth-order valence-corrected chi connectivity index (χ4v) is 3.41. The maximum Gasteiger partial charge on any atom is 0.306 e. The zero-order valence-corrected chi connectivity index (χ0v) is 15.8. The third-order valence-corrected chi connectivity index (χ3v) is 4.99. The lowest BCUT2D eigenvalue weighted by Gasteiger charge is -2.17. The summed E-state index contributed by atoms with van der Waals surface area (Å²) in [5.41, 5.74) is 0.125. The molecule has 3 rings (SSSR count). The van der Waals surface area contributed by atoms with Crippen LogP contribution in [0.1, 0.15) is 12.0 Å². The van der Waals surface area contributed by atoms with Crippen LogP contribution in [-0.4, -0.2) is 23.3 Å². The molecular weight excluding hydrogens is 412 g/mol. The minimum Gasteiger partial charge on any atom is -0.352 e. The maximum absolute atomic E-state index is 13.5. The molecule has 1 heterocycles. The van der Waals surface area contributed by atoms with E-state index in [0.717, 1.165) is 12.1 Å². The van der Waals surface area contributed by atoms with Gasteiger partial charge in [0.1, 0.15) is 0 Å². The summed E-state index contributed by atoms with van der Waals surface area (Å²) < 4.78 is 13.5. The molecule has 1 saturated heterocycles. The largest absolute Gasteiger partial charge is 0.352 e. The monoisotopic (exact) mass is 425 g/mol. The lowest BCUT2D eigenvalue weighted by atomic mass is 10.1. The number of carbonyl (C=O) groups is 2. The van der Waals surface area contributed by atoms with E-state index in [9.17, 15) is 24.1 Å². The Balaban J connectivity index is 1.67. The van der Waals surface area contributed by atoms with Gasteiger partial charge in [0.2, 0.25) is 17.6 Å². The summed E-state index contributed by atoms with van der Waals surface area (Å²) in [6.07, 6.45) is -0.0502. The highest BCUT2D eigenvalue weighted by atomic mass is 35.5. The third-order valence-electron chi connectivity index (χ3n) is 4.40. The van der Waals surface area contributed by atoms with Gasteiger partial charge in [0.25, 0.3) is 0 Å². The molecule has 1 N–H and O–H groups in total. The fraction of sp³-hybridized carbons (Fsp3) is 0.222. The van der Waals surface area contributed by atoms with Crippen molar-refractivity contribution < 1.29 is 18.9 Å². The molecule has 1 aliphatic heterocycles. The number of carbonyl (C=O) groups excluding carboxylic acids is 2. The molecule has 1 aliphatic rings. The fourth-order valence-electron chi connectivity index (χ4n) is 2.93. The Bertz CT molecular complexity index is 970. The summed E-state index contributed by atoms with van der Waals surface area (Å²) in [6, 6.07) is 8.09. The van der Waals surface area contributed by atoms with Gasteiger partial charge >= 0.3 is 5.69 Å². The molecule has 2 aromatic rings. The van der Waals surface area contributed by atoms with Crippen LogP contribution in [0, 0.1) is 21.8 Å². The number of hydrogen-bond acceptors (Lipinski definition) is 4. The van der Waals surface area contributed by atoms with E-state index in [2.05, 4.69) is 5.32 Å². The molecule has 0 aliphatic carbocycles. The molecule has 28 heavy (non-hydrogen) atoms. The number of nitro groups is 1. The van der Waals surface area contributed by atoms with Gasteiger partial charge in [-0.05, 0) is 29.8 Å². The average molecular weight is 426 g/mol. The Hall–Kier alpha value is -2.71. The SMILES string of the molecule is O=C(NCc1ccc(Cl)cc1Cl)[C@H]1CC(=O)N(c2ccc(F)c([N+](=O)[O-])c2)C1. The Morgan fingerprint density at radius 3 is 2.71 bits per heavy atom. The van der Waals surface area contributed by atoms with Crippen molar-refractivity contribution in [2.45, 2.75) is 13.0 Å². The molecule has 0 spiro atoms. The molecule has 2 aromatic carbocycles. The van der Waals surface area contributed by atoms with E-state index < -0.39 is 22.3 Å². The summed E-state index contributed by atoms with van der Waals surface area (Å²) in [5.74, 6) is -2.35. The van der Waals surface area contributed by atoms with E-state index in [1.54, 1.807) is 18.2 Å². The van der Waals surface area contributed by atoms with Crippen LogP contribution < -0.4 is 10.2 Å². The molecule has 1 fully saturated rings. The number of nitrogens with zero attached hydrogens (tertiary/aromatic N) is 2. The topological polar surface area (TPSA) is 92.6 Å². The van der Waals surface area contributed by atoms with Crippen LogP contribution in [0.3, 0.4) is 0 Å². The van der Waals surface area contributed by atoms with Crippen LogP contribution in [0.15, 0.2) is 36.4 Å². The van der Waals surface area contributed by atoms with E-state index in [1.165, 1.54) is 11.0 Å². The maximum atomic E-state index is 13.5. The highest BCUT2D eigenvalue weighted by molar-refractivity contribution is 6.35. The van der Waals surface area contributed by atoms with Crippen LogP contribution >= 0.6 is 23.2 Å². The first kappa shape index (κ1) is 20.0. The average Bonchev–Trinajstić information content (AvgIpc) is 3.03. The Labute approximate surface area is 169 Å². The quantitative estimate of drug-likeness (QED) is 0.583. The van der Waals surface area contributed by atoms with E-state index >= 15 is 0 Å². The predicted octanol–water partition coefficient (Wildman–Crippen LogP) is 3.71. The number of hydrogen-bond donors (Lipinski definition) is 1. The molecule has 0 bridgehead atoms. The first-order chi connectivity index (χ1) is 13.3. The van der Waals surface area contributed by atoms with Gasteiger partial charge in [0.15, 0.2) is 0 Å². The number of amides is 2. The van der Waals surface area contributed by atoms with Gasteiger partial charge < -0.3 is 10.2 Å². The summed E-state index contributed by atoms with van der Waals surface area (Å²) in [5, 5.41) is 14.5. The highest BCUT2D eigenvalue weighted by Crippen LogP contribution is 2.30. The van der Waals surface area contributed by atoms with Crippen molar-refractivity contribution in [2.75, 3.05) is 11.4 Å². The zero-order valence-electron chi connectivity index (χ0n) is 14.3. The molecule has 2 amide bonds. The second kappa shape index (κ2) is 8.12. The molecule has 0 aromatic heterocycles. The zero-order chi connectivity index (χ0) is 20.4. The molecule has 0 saturated carbocycles. The van der Waals surface area contributed by atoms with Gasteiger partial charge in [-0.1, -0.05) is 29.3 Å². The number of nitrogens with one attached hydrogen (secondary N) is 1. The molecular formula is C18H14Cl2FN3O4. The Kier molecular flexibility index (Phi) is 5.81. The Morgan fingerprint density at radius 2 is 2.04 bits per heavy atom. The normalized spacial score (nSPS) is 16.3. The third kappa shape index (κ3) is 4.23. The number of anilines is 1. The first-order valence-electron chi connectivity index (χ1n) is 8.22. The molecule has 0 unspecified atom stereocenters. The van der Waals surface area contributed by atoms with Gasteiger partial charge in [-0.15, -0.1) is 0 Å². The van der Waals surface area contributed by atoms with E-state index in [-0.39, 0.29) is 37.0 Å². The van der Waals surface area contributed by atoms with E-state index in [1.807, 2.05) is 0 Å². The van der Waals surface area contributed by atoms with Crippen molar-refractivity contribution in [3.8, 4) is 0 Å². The van der Waals surface area contributed by atoms with Crippen molar-refractivity contribution in [3.63, 3.8) is 0 Å². The second-order valence-electron chi connectivity index (χ2n) is 6.25. The summed E-state index contributed by atoms with van der Waals surface area (Å²) >= 11 is 11.9. The predicted molar refractivity (Wildman–Crippen MR) is 102 cm³/mol. The van der Waals surface area contributed by atoms with Gasteiger partial charge in [-0.3, -0.25) is 19.7 Å². The van der Waals surface area contributed by atoms with Crippen molar-refractivity contribution in [2.24, 2.45) is 5.92 Å². The number of nitro benzene ring substituents is 1. The van der Waals surface area contributed by atoms with Crippen LogP contribution in [-0.2, 0) is 16.1 Å². The van der Waals surface area contributed by atoms with Gasteiger partial charge in [0.05, 0.1) is 16.5 Å². The van der Waals surface area contributed by atoms with Crippen LogP contribution in [0.5, 0.6) is 0 Å². The van der Waals surface area contributed by atoms with Crippen LogP contribution in [0.2, 0.25) is 10.0 Å². The van der Waals surface area contributed by atoms with Gasteiger partial charge in [0, 0.05) is 35.6 Å². The number of halogens is 3. The number of rotatable bonds is 5. The van der Waals surface area contributed by atoms with E-state index in [0.29, 0.717) is 15.6 Å². The smallest absolute Gasteiger partial charge is 0.306 e. The lowest BCUT2D eigenvalue weighted by Crippen LogP contribution is -2.32. The van der Waals surface area contributed by atoms with Gasteiger partial charge in [-0.25, -0.2) is 0 Å². The summed E-state index contributed by atoms with van der Waals surface area (Å²) in [6.45, 7) is 0.212. The lowest BCUT2D eigenvalue weighted by molar-refractivity contribution is -0.387. The van der Waals surface area contributed by atoms with Crippen molar-refractivity contribution >= 4 is 46.4 Å². The second-order valence-corrected chi connectivity index (χ2v) is 7.10. The first-order valence-corrected chi connectivity index (χ1v) is 8.98. The van der Waals surface area contributed by atoms with Crippen molar-refractivity contribution in [3.05, 3.63) is 67.9 Å². The molecule has 146 valence electrons. The van der Waals surface area contributed by atoms with Gasteiger partial charge in [-0.2, -0.15) is 4.39 Å². The molecule has 7 nitrogen and oxygen atoms in total. The highest BCUT2D eigenvalue weighted by Gasteiger charge is 2.35. The standard InChI is InChI=1S/C18H14Cl2FN3O4/c19-12-2-1-10(14(20)6-12)8-22-18(26)11-5-17(25)23(9-11)13-3-4-15(21)16(7-13)24(27)28/h1-4,6-7,11H,5,8-9H2,(H,22,26)/t11-/m0/s1. The summed E-state index contributed by atoms with van der Waals surface area (Å²) in [4.78, 5) is 36.0. The molecule has 0 radical (unpaired) electrons.